The first-order valence-electron chi connectivity index (χ1n) is 8.43. The van der Waals surface area contributed by atoms with Gasteiger partial charge in [-0.3, -0.25) is 4.68 Å². The topological polar surface area (TPSA) is 68.8 Å². The van der Waals surface area contributed by atoms with Crippen LogP contribution in [0.3, 0.4) is 0 Å². The Kier molecular flexibility index (Phi) is 3.70. The molecule has 0 aromatic carbocycles. The standard InChI is InChI=1S/C16H23N5O/c1-2-5-13(6-3-1)14-19-15(22-20-14)16(7-10-17-11-8-16)21-12-4-9-18-21/h4,9,12-13,17H,1-3,5-8,10-11H2. The normalized spacial score (nSPS) is 22.7. The van der Waals surface area contributed by atoms with Crippen molar-refractivity contribution in [2.75, 3.05) is 13.1 Å². The van der Waals surface area contributed by atoms with Crippen molar-refractivity contribution in [1.82, 2.24) is 25.2 Å². The molecule has 1 aliphatic heterocycles. The van der Waals surface area contributed by atoms with E-state index in [1.54, 1.807) is 0 Å². The first-order chi connectivity index (χ1) is 10.9. The van der Waals surface area contributed by atoms with E-state index in [1.807, 2.05) is 23.1 Å². The number of hydrogen-bond donors (Lipinski definition) is 1. The number of aromatic nitrogens is 4. The van der Waals surface area contributed by atoms with Gasteiger partial charge in [0, 0.05) is 18.3 Å². The van der Waals surface area contributed by atoms with E-state index < -0.39 is 0 Å². The van der Waals surface area contributed by atoms with Gasteiger partial charge < -0.3 is 9.84 Å². The van der Waals surface area contributed by atoms with Crippen molar-refractivity contribution in [3.8, 4) is 0 Å². The van der Waals surface area contributed by atoms with Crippen molar-refractivity contribution < 1.29 is 4.52 Å². The van der Waals surface area contributed by atoms with Crippen molar-refractivity contribution in [2.24, 2.45) is 0 Å². The van der Waals surface area contributed by atoms with E-state index in [1.165, 1.54) is 32.1 Å². The van der Waals surface area contributed by atoms with E-state index in [0.717, 1.165) is 37.6 Å². The van der Waals surface area contributed by atoms with Crippen LogP contribution in [0.2, 0.25) is 0 Å². The van der Waals surface area contributed by atoms with Crippen molar-refractivity contribution in [2.45, 2.75) is 56.4 Å². The van der Waals surface area contributed by atoms with Gasteiger partial charge in [0.15, 0.2) is 5.82 Å². The minimum Gasteiger partial charge on any atom is -0.337 e. The van der Waals surface area contributed by atoms with E-state index in [4.69, 9.17) is 9.51 Å². The van der Waals surface area contributed by atoms with Crippen LogP contribution in [0.1, 0.15) is 62.6 Å². The van der Waals surface area contributed by atoms with Crippen LogP contribution in [0.5, 0.6) is 0 Å². The molecule has 6 heteroatoms. The summed E-state index contributed by atoms with van der Waals surface area (Å²) >= 11 is 0. The highest BCUT2D eigenvalue weighted by Gasteiger charge is 2.42. The summed E-state index contributed by atoms with van der Waals surface area (Å²) in [5.41, 5.74) is -0.283. The molecule has 0 radical (unpaired) electrons. The van der Waals surface area contributed by atoms with E-state index in [9.17, 15) is 0 Å². The Morgan fingerprint density at radius 3 is 2.73 bits per heavy atom. The maximum atomic E-state index is 5.73. The smallest absolute Gasteiger partial charge is 0.254 e. The summed E-state index contributed by atoms with van der Waals surface area (Å²) < 4.78 is 7.74. The van der Waals surface area contributed by atoms with Gasteiger partial charge in [0.25, 0.3) is 5.89 Å². The Morgan fingerprint density at radius 2 is 2.00 bits per heavy atom. The molecule has 1 saturated heterocycles. The molecule has 1 saturated carbocycles. The lowest BCUT2D eigenvalue weighted by Gasteiger charge is -2.34. The van der Waals surface area contributed by atoms with E-state index in [0.29, 0.717) is 5.92 Å². The molecular formula is C16H23N5O. The zero-order valence-corrected chi connectivity index (χ0v) is 12.9. The largest absolute Gasteiger partial charge is 0.337 e. The van der Waals surface area contributed by atoms with E-state index in [2.05, 4.69) is 15.6 Å². The van der Waals surface area contributed by atoms with Gasteiger partial charge in [-0.25, -0.2) is 0 Å². The molecule has 1 aliphatic carbocycles. The highest BCUT2D eigenvalue weighted by atomic mass is 16.5. The summed E-state index contributed by atoms with van der Waals surface area (Å²) in [7, 11) is 0. The fourth-order valence-electron chi connectivity index (χ4n) is 3.85. The first-order valence-corrected chi connectivity index (χ1v) is 8.43. The fraction of sp³-hybridized carbons (Fsp3) is 0.688. The van der Waals surface area contributed by atoms with E-state index >= 15 is 0 Å². The zero-order chi connectivity index (χ0) is 14.8. The number of piperidine rings is 1. The van der Waals surface area contributed by atoms with Gasteiger partial charge in [0.1, 0.15) is 5.54 Å². The van der Waals surface area contributed by atoms with Crippen LogP contribution < -0.4 is 5.32 Å². The molecule has 1 N–H and O–H groups in total. The molecule has 6 nitrogen and oxygen atoms in total. The van der Waals surface area contributed by atoms with Crippen LogP contribution in [-0.2, 0) is 5.54 Å². The maximum absolute atomic E-state index is 5.73. The Morgan fingerprint density at radius 1 is 1.18 bits per heavy atom. The fourth-order valence-corrected chi connectivity index (χ4v) is 3.85. The summed E-state index contributed by atoms with van der Waals surface area (Å²) in [5, 5.41) is 12.2. The summed E-state index contributed by atoms with van der Waals surface area (Å²) in [6.07, 6.45) is 12.0. The second kappa shape index (κ2) is 5.83. The average molecular weight is 301 g/mol. The van der Waals surface area contributed by atoms with Gasteiger partial charge in [-0.2, -0.15) is 10.1 Å². The molecule has 0 amide bonds. The van der Waals surface area contributed by atoms with Crippen LogP contribution in [0.25, 0.3) is 0 Å². The second-order valence-electron chi connectivity index (χ2n) is 6.52. The van der Waals surface area contributed by atoms with Gasteiger partial charge in [-0.15, -0.1) is 0 Å². The molecule has 22 heavy (non-hydrogen) atoms. The second-order valence-corrected chi connectivity index (χ2v) is 6.52. The van der Waals surface area contributed by atoms with Gasteiger partial charge in [0.05, 0.1) is 0 Å². The molecule has 0 unspecified atom stereocenters. The Hall–Kier alpha value is -1.69. The molecule has 0 atom stereocenters. The zero-order valence-electron chi connectivity index (χ0n) is 12.9. The molecule has 3 heterocycles. The molecular weight excluding hydrogens is 278 g/mol. The third kappa shape index (κ3) is 2.35. The molecule has 2 fully saturated rings. The summed E-state index contributed by atoms with van der Waals surface area (Å²) in [6.45, 7) is 1.89. The number of nitrogens with one attached hydrogen (secondary N) is 1. The molecule has 2 aliphatic rings. The van der Waals surface area contributed by atoms with E-state index in [-0.39, 0.29) is 5.54 Å². The highest BCUT2D eigenvalue weighted by molar-refractivity contribution is 5.10. The molecule has 2 aromatic rings. The lowest BCUT2D eigenvalue weighted by molar-refractivity contribution is 0.172. The minimum atomic E-state index is -0.283. The highest BCUT2D eigenvalue weighted by Crippen LogP contribution is 2.36. The minimum absolute atomic E-state index is 0.283. The molecule has 0 bridgehead atoms. The third-order valence-corrected chi connectivity index (χ3v) is 5.18. The van der Waals surface area contributed by atoms with Gasteiger partial charge in [-0.1, -0.05) is 24.4 Å². The van der Waals surface area contributed by atoms with Crippen molar-refractivity contribution >= 4 is 0 Å². The van der Waals surface area contributed by atoms with Crippen molar-refractivity contribution in [3.05, 3.63) is 30.2 Å². The Bertz CT molecular complexity index is 594. The lowest BCUT2D eigenvalue weighted by Crippen LogP contribution is -2.45. The lowest BCUT2D eigenvalue weighted by atomic mass is 9.87. The quantitative estimate of drug-likeness (QED) is 0.943. The van der Waals surface area contributed by atoms with Gasteiger partial charge in [-0.05, 0) is 44.8 Å². The average Bonchev–Trinajstić information content (AvgIpc) is 3.29. The number of hydrogen-bond acceptors (Lipinski definition) is 5. The molecule has 118 valence electrons. The van der Waals surface area contributed by atoms with Crippen molar-refractivity contribution in [1.29, 1.82) is 0 Å². The summed E-state index contributed by atoms with van der Waals surface area (Å²) in [6, 6.07) is 1.96. The predicted molar refractivity (Wildman–Crippen MR) is 81.5 cm³/mol. The van der Waals surface area contributed by atoms with Crippen molar-refractivity contribution in [3.63, 3.8) is 0 Å². The van der Waals surface area contributed by atoms with Crippen LogP contribution in [0.4, 0.5) is 0 Å². The van der Waals surface area contributed by atoms with Crippen LogP contribution in [0.15, 0.2) is 23.0 Å². The monoisotopic (exact) mass is 301 g/mol. The first kappa shape index (κ1) is 13.9. The predicted octanol–water partition coefficient (Wildman–Crippen LogP) is 2.44. The Balaban J connectivity index is 1.67. The number of nitrogens with zero attached hydrogens (tertiary/aromatic N) is 4. The van der Waals surface area contributed by atoms with Crippen LogP contribution in [-0.4, -0.2) is 33.0 Å². The molecule has 0 spiro atoms. The van der Waals surface area contributed by atoms with Crippen LogP contribution >= 0.6 is 0 Å². The number of rotatable bonds is 3. The summed E-state index contributed by atoms with van der Waals surface area (Å²) in [4.78, 5) is 4.82. The third-order valence-electron chi connectivity index (χ3n) is 5.18. The maximum Gasteiger partial charge on any atom is 0.254 e. The molecule has 4 rings (SSSR count). The Labute approximate surface area is 130 Å². The SMILES string of the molecule is c1cnn(C2(c3nc(C4CCCCC4)no3)CCNCC2)c1. The molecule has 2 aromatic heterocycles. The van der Waals surface area contributed by atoms with Crippen LogP contribution in [0, 0.1) is 0 Å². The van der Waals surface area contributed by atoms with Gasteiger partial charge >= 0.3 is 0 Å². The summed E-state index contributed by atoms with van der Waals surface area (Å²) in [5.74, 6) is 2.11. The van der Waals surface area contributed by atoms with Gasteiger partial charge in [0.2, 0.25) is 0 Å².